The average Bonchev–Trinajstić information content (AvgIpc) is 4.15. The van der Waals surface area contributed by atoms with Gasteiger partial charge in [0, 0.05) is 42.2 Å². The highest BCUT2D eigenvalue weighted by molar-refractivity contribution is 5.89. The minimum absolute atomic E-state index is 0.0643. The first kappa shape index (κ1) is 40.5. The first-order valence-electron chi connectivity index (χ1n) is 20.1. The molecule has 4 atom stereocenters. The van der Waals surface area contributed by atoms with Crippen molar-refractivity contribution in [1.82, 2.24) is 45.0 Å². The monoisotopic (exact) mass is 825 g/mol. The number of H-pyrrole nitrogens is 2. The van der Waals surface area contributed by atoms with Crippen LogP contribution in [0.3, 0.4) is 0 Å². The van der Waals surface area contributed by atoms with Gasteiger partial charge in [-0.15, -0.1) is 0 Å². The molecule has 16 heteroatoms. The summed E-state index contributed by atoms with van der Waals surface area (Å²) in [6.45, 7) is 0.997. The number of nitrogens with one attached hydrogen (secondary N) is 3. The van der Waals surface area contributed by atoms with Crippen molar-refractivity contribution in [3.63, 3.8) is 0 Å². The fraction of sp³-hybridized carbons (Fsp3) is 0.289. The summed E-state index contributed by atoms with van der Waals surface area (Å²) in [5.74, 6) is -0.666. The van der Waals surface area contributed by atoms with Gasteiger partial charge in [0.25, 0.3) is 5.91 Å². The Labute approximate surface area is 350 Å². The van der Waals surface area contributed by atoms with Crippen LogP contribution < -0.4 is 5.32 Å². The van der Waals surface area contributed by atoms with Crippen LogP contribution in [0.15, 0.2) is 104 Å². The number of likely N-dealkylation sites (tertiary alicyclic amines) is 2. The number of imidazole rings is 2. The molecule has 3 amide bonds. The van der Waals surface area contributed by atoms with Gasteiger partial charge in [0.1, 0.15) is 23.5 Å². The van der Waals surface area contributed by atoms with Crippen LogP contribution in [0.1, 0.15) is 78.9 Å². The number of methoxy groups -OCH3 is 2. The molecule has 61 heavy (non-hydrogen) atoms. The first-order valence-corrected chi connectivity index (χ1v) is 20.1. The maximum Gasteiger partial charge on any atom is 0.407 e. The quantitative estimate of drug-likeness (QED) is 0.110. The highest BCUT2D eigenvalue weighted by Crippen LogP contribution is 2.37. The molecule has 3 aromatic heterocycles. The van der Waals surface area contributed by atoms with Gasteiger partial charge in [-0.2, -0.15) is 0 Å². The average molecular weight is 826 g/mol. The normalized spacial score (nSPS) is 17.2. The topological polar surface area (TPSA) is 188 Å². The maximum atomic E-state index is 15.8. The van der Waals surface area contributed by atoms with Crippen molar-refractivity contribution < 1.29 is 33.0 Å². The van der Waals surface area contributed by atoms with Crippen molar-refractivity contribution in [2.24, 2.45) is 0 Å². The lowest BCUT2D eigenvalue weighted by Crippen LogP contribution is -2.42. The largest absolute Gasteiger partial charge is 0.469 e. The van der Waals surface area contributed by atoms with Crippen LogP contribution in [0.25, 0.3) is 33.9 Å². The lowest BCUT2D eigenvalue weighted by atomic mass is 9.94. The Morgan fingerprint density at radius 1 is 0.721 bits per heavy atom. The number of carbonyl (C=O) groups is 4. The molecular formula is C45H44FN9O6. The zero-order valence-electron chi connectivity index (χ0n) is 33.6. The number of nitrogens with zero attached hydrogens (tertiary/aromatic N) is 6. The van der Waals surface area contributed by atoms with Crippen molar-refractivity contribution in [2.75, 3.05) is 27.3 Å². The number of alkyl carbamates (subject to hydrolysis) is 1. The third-order valence-electron chi connectivity index (χ3n) is 11.3. The fourth-order valence-electron chi connectivity index (χ4n) is 8.17. The summed E-state index contributed by atoms with van der Waals surface area (Å²) >= 11 is 0. The number of hydrogen-bond acceptors (Lipinski definition) is 10. The van der Waals surface area contributed by atoms with Gasteiger partial charge in [0.2, 0.25) is 5.91 Å². The summed E-state index contributed by atoms with van der Waals surface area (Å²) in [7, 11) is 2.56. The molecule has 0 saturated carbocycles. The van der Waals surface area contributed by atoms with E-state index in [9.17, 15) is 19.2 Å². The van der Waals surface area contributed by atoms with Crippen molar-refractivity contribution in [3.05, 3.63) is 132 Å². The van der Waals surface area contributed by atoms with E-state index in [0.717, 1.165) is 18.4 Å². The summed E-state index contributed by atoms with van der Waals surface area (Å²) in [6, 6.07) is 21.3. The lowest BCUT2D eigenvalue weighted by molar-refractivity contribution is -0.145. The molecule has 2 fully saturated rings. The van der Waals surface area contributed by atoms with Gasteiger partial charge in [-0.3, -0.25) is 14.4 Å². The molecule has 5 heterocycles. The smallest absolute Gasteiger partial charge is 0.407 e. The van der Waals surface area contributed by atoms with Gasteiger partial charge >= 0.3 is 12.1 Å². The first-order chi connectivity index (χ1) is 29.7. The Morgan fingerprint density at radius 2 is 1.31 bits per heavy atom. The van der Waals surface area contributed by atoms with Crippen LogP contribution in [0.5, 0.6) is 0 Å². The molecule has 312 valence electrons. The maximum absolute atomic E-state index is 15.8. The van der Waals surface area contributed by atoms with E-state index in [0.29, 0.717) is 71.5 Å². The van der Waals surface area contributed by atoms with Gasteiger partial charge in [-0.05, 0) is 48.9 Å². The molecule has 0 bridgehead atoms. The predicted molar refractivity (Wildman–Crippen MR) is 221 cm³/mol. The Balaban J connectivity index is 0.946. The Kier molecular flexibility index (Phi) is 11.9. The number of benzene rings is 3. The molecule has 0 unspecified atom stereocenters. The van der Waals surface area contributed by atoms with Crippen molar-refractivity contribution >= 4 is 23.9 Å². The van der Waals surface area contributed by atoms with Crippen LogP contribution >= 0.6 is 0 Å². The molecule has 2 aliphatic rings. The zero-order valence-corrected chi connectivity index (χ0v) is 33.6. The summed E-state index contributed by atoms with van der Waals surface area (Å²) in [5.41, 5.74) is 3.88. The molecule has 15 nitrogen and oxygen atoms in total. The Hall–Kier alpha value is -7.23. The number of halogens is 1. The summed E-state index contributed by atoms with van der Waals surface area (Å²) in [6.07, 6.45) is 8.55. The van der Waals surface area contributed by atoms with Crippen molar-refractivity contribution in [1.29, 1.82) is 0 Å². The highest BCUT2D eigenvalue weighted by atomic mass is 19.1. The molecule has 6 aromatic rings. The summed E-state index contributed by atoms with van der Waals surface area (Å²) in [4.78, 5) is 80.6. The second-order valence-electron chi connectivity index (χ2n) is 15.0. The number of aromatic nitrogens is 6. The van der Waals surface area contributed by atoms with Crippen LogP contribution in [0.4, 0.5) is 9.18 Å². The zero-order chi connectivity index (χ0) is 42.5. The van der Waals surface area contributed by atoms with Crippen LogP contribution in [-0.2, 0) is 23.9 Å². The van der Waals surface area contributed by atoms with Crippen molar-refractivity contribution in [2.45, 2.75) is 56.1 Å². The van der Waals surface area contributed by atoms with Crippen molar-refractivity contribution in [3.8, 4) is 33.9 Å². The molecule has 3 aromatic carbocycles. The molecule has 2 saturated heterocycles. The highest BCUT2D eigenvalue weighted by Gasteiger charge is 2.38. The standard InChI is InChI=1S/C45H44FN9O6/c1-60-38(56)22-32(27-11-5-3-6-12-27)43(57)54-19-9-15-36(54)41-49-25-34(51-41)30-23-47-40(48-24-30)29-17-18-31(33(46)21-29)35-26-50-42(52-35)37-16-10-20-55(37)44(58)39(53-45(59)61-2)28-13-7-4-8-14-28/h3-8,11-14,17-18,21,23-26,32,36-37,39H,9-10,15-16,19-20,22H2,1-2H3,(H,49,51)(H,50,52)(H,53,59)/t32-,36+,37+,39+/m1/s1. The van der Waals surface area contributed by atoms with E-state index in [4.69, 9.17) is 9.47 Å². The SMILES string of the molecule is COC(=O)C[C@@H](C(=O)N1CCC[C@H]1c1ncc(-c2cnc(-c3ccc(-c4cnc([C@@H]5CCCN5C(=O)[C@@H](NC(=O)OC)c5ccccc5)[nH]4)c(F)c3)nc2)[nH]1)c1ccccc1. The number of ether oxygens (including phenoxy) is 2. The third-order valence-corrected chi connectivity index (χ3v) is 11.3. The minimum Gasteiger partial charge on any atom is -0.469 e. The number of esters is 1. The molecule has 8 rings (SSSR count). The molecule has 2 aliphatic heterocycles. The van der Waals surface area contributed by atoms with Gasteiger partial charge in [-0.1, -0.05) is 66.7 Å². The van der Waals surface area contributed by atoms with E-state index in [1.54, 1.807) is 71.0 Å². The number of aromatic amines is 2. The molecule has 0 spiro atoms. The fourth-order valence-corrected chi connectivity index (χ4v) is 8.17. The Bertz CT molecular complexity index is 2510. The summed E-state index contributed by atoms with van der Waals surface area (Å²) in [5, 5.41) is 2.66. The van der Waals surface area contributed by atoms with Crippen LogP contribution in [-0.4, -0.2) is 90.9 Å². The molecule has 0 radical (unpaired) electrons. The molecular weight excluding hydrogens is 782 g/mol. The van der Waals surface area contributed by atoms with Gasteiger partial charge in [0.15, 0.2) is 5.82 Å². The third kappa shape index (κ3) is 8.60. The lowest BCUT2D eigenvalue weighted by Gasteiger charge is -2.28. The van der Waals surface area contributed by atoms with Crippen LogP contribution in [0, 0.1) is 5.82 Å². The van der Waals surface area contributed by atoms with Gasteiger partial charge in [0.05, 0.1) is 62.4 Å². The number of rotatable bonds is 12. The number of hydrogen-bond donors (Lipinski definition) is 3. The molecule has 3 N–H and O–H groups in total. The number of amides is 3. The Morgan fingerprint density at radius 3 is 1.92 bits per heavy atom. The second-order valence-corrected chi connectivity index (χ2v) is 15.0. The van der Waals surface area contributed by atoms with Gasteiger partial charge in [-0.25, -0.2) is 29.1 Å². The van der Waals surface area contributed by atoms with E-state index in [2.05, 4.69) is 35.2 Å². The van der Waals surface area contributed by atoms with E-state index < -0.39 is 35.9 Å². The minimum atomic E-state index is -0.957. The summed E-state index contributed by atoms with van der Waals surface area (Å²) < 4.78 is 25.5. The predicted octanol–water partition coefficient (Wildman–Crippen LogP) is 6.83. The van der Waals surface area contributed by atoms with Gasteiger partial charge < -0.3 is 34.6 Å². The van der Waals surface area contributed by atoms with E-state index in [1.807, 2.05) is 36.4 Å². The van der Waals surface area contributed by atoms with E-state index in [1.165, 1.54) is 20.3 Å². The van der Waals surface area contributed by atoms with E-state index >= 15 is 4.39 Å². The molecule has 0 aliphatic carbocycles. The van der Waals surface area contributed by atoms with E-state index in [-0.39, 0.29) is 29.8 Å². The van der Waals surface area contributed by atoms with Crippen LogP contribution in [0.2, 0.25) is 0 Å². The number of carbonyl (C=O) groups excluding carboxylic acids is 4. The second kappa shape index (κ2) is 17.9.